The fourth-order valence-electron chi connectivity index (χ4n) is 1.67. The molecule has 0 aliphatic carbocycles. The lowest BCUT2D eigenvalue weighted by Crippen LogP contribution is -2.47. The molecule has 2 amide bonds. The maximum Gasteiger partial charge on any atom is 0.425 e. The monoisotopic (exact) mass is 396 g/mol. The van der Waals surface area contributed by atoms with Gasteiger partial charge >= 0.3 is 12.2 Å². The van der Waals surface area contributed by atoms with Crippen LogP contribution in [0.15, 0.2) is 24.3 Å². The van der Waals surface area contributed by atoms with Gasteiger partial charge in [0, 0.05) is 0 Å². The van der Waals surface area contributed by atoms with Crippen LogP contribution >= 0.6 is 0 Å². The molecule has 0 aromatic heterocycles. The van der Waals surface area contributed by atoms with E-state index in [0.29, 0.717) is 4.90 Å². The summed E-state index contributed by atoms with van der Waals surface area (Å²) in [4.78, 5) is 25.2. The first-order valence-electron chi connectivity index (χ1n) is 9.45. The first-order valence-corrected chi connectivity index (χ1v) is 9.45. The summed E-state index contributed by atoms with van der Waals surface area (Å²) in [5.74, 6) is -0.767. The number of rotatable bonds is 1. The molecule has 1 rings (SSSR count). The van der Waals surface area contributed by atoms with Gasteiger partial charge in [0.1, 0.15) is 17.0 Å². The zero-order valence-corrected chi connectivity index (χ0v) is 18.8. The van der Waals surface area contributed by atoms with E-state index in [-0.39, 0.29) is 11.3 Å². The molecule has 0 unspecified atom stereocenters. The lowest BCUT2D eigenvalue weighted by molar-refractivity contribution is 0.0147. The molecule has 0 saturated carbocycles. The van der Waals surface area contributed by atoms with Gasteiger partial charge < -0.3 is 14.6 Å². The van der Waals surface area contributed by atoms with Crippen LogP contribution in [0.5, 0.6) is 5.75 Å². The number of para-hydroxylation sites is 1. The number of hydrogen-bond donors (Lipinski definition) is 2. The van der Waals surface area contributed by atoms with E-state index in [1.165, 1.54) is 12.1 Å². The van der Waals surface area contributed by atoms with Gasteiger partial charge in [-0.05, 0) is 53.7 Å². The molecule has 2 N–H and O–H groups in total. The first kappa shape index (κ1) is 27.6. The standard InChI is InChI=1S/C17H24N2O5.2C2H6/c1-16(2,3)23-14(21)19(15(22)24-17(4,5)6)13(18)11-9-7-8-10-12(11)20;2*1-2/h7-10,18,20H,1-6H3;2*1-2H3. The van der Waals surface area contributed by atoms with E-state index < -0.39 is 29.2 Å². The van der Waals surface area contributed by atoms with Crippen molar-refractivity contribution in [2.24, 2.45) is 0 Å². The number of carbonyl (C=O) groups is 2. The third-order valence-corrected chi connectivity index (χ3v) is 2.53. The highest BCUT2D eigenvalue weighted by Crippen LogP contribution is 2.21. The van der Waals surface area contributed by atoms with Crippen molar-refractivity contribution in [1.82, 2.24) is 4.90 Å². The molecular formula is C21H36N2O5. The third kappa shape index (κ3) is 9.94. The zero-order chi connectivity index (χ0) is 22.7. The molecule has 160 valence electrons. The predicted molar refractivity (Wildman–Crippen MR) is 112 cm³/mol. The number of amides is 2. The fraction of sp³-hybridized carbons (Fsp3) is 0.571. The SMILES string of the molecule is CC.CC.CC(C)(C)OC(=O)N(C(=N)c1ccccc1O)C(=O)OC(C)(C)C. The number of amidine groups is 1. The minimum atomic E-state index is -1.05. The Morgan fingerprint density at radius 2 is 1.21 bits per heavy atom. The Labute approximate surface area is 169 Å². The highest BCUT2D eigenvalue weighted by atomic mass is 16.6. The summed E-state index contributed by atoms with van der Waals surface area (Å²) in [6.45, 7) is 17.8. The smallest absolute Gasteiger partial charge is 0.425 e. The predicted octanol–water partition coefficient (Wildman–Crippen LogP) is 5.94. The van der Waals surface area contributed by atoms with Crippen LogP contribution in [0.4, 0.5) is 9.59 Å². The Morgan fingerprint density at radius 3 is 1.54 bits per heavy atom. The number of aromatic hydroxyl groups is 1. The number of nitrogens with one attached hydrogen (secondary N) is 1. The molecule has 0 heterocycles. The largest absolute Gasteiger partial charge is 0.507 e. The lowest BCUT2D eigenvalue weighted by atomic mass is 10.1. The summed E-state index contributed by atoms with van der Waals surface area (Å²) in [7, 11) is 0. The number of carbonyl (C=O) groups excluding carboxylic acids is 2. The molecule has 0 radical (unpaired) electrons. The molecule has 0 bridgehead atoms. The summed E-state index contributed by atoms with van der Waals surface area (Å²) in [6.07, 6.45) is -2.10. The van der Waals surface area contributed by atoms with Gasteiger partial charge in [0.2, 0.25) is 0 Å². The van der Waals surface area contributed by atoms with Crippen molar-refractivity contribution < 1.29 is 24.2 Å². The molecule has 0 aliphatic rings. The van der Waals surface area contributed by atoms with Gasteiger partial charge in [-0.3, -0.25) is 5.41 Å². The van der Waals surface area contributed by atoms with Crippen LogP contribution in [0.25, 0.3) is 0 Å². The fourth-order valence-corrected chi connectivity index (χ4v) is 1.67. The Morgan fingerprint density at radius 1 is 0.857 bits per heavy atom. The number of ether oxygens (including phenoxy) is 2. The van der Waals surface area contributed by atoms with Crippen LogP contribution < -0.4 is 0 Å². The normalized spacial score (nSPS) is 10.4. The average molecular weight is 397 g/mol. The highest BCUT2D eigenvalue weighted by Gasteiger charge is 2.35. The molecule has 0 fully saturated rings. The molecule has 7 nitrogen and oxygen atoms in total. The van der Waals surface area contributed by atoms with Crippen LogP contribution in [0, 0.1) is 5.41 Å². The molecule has 28 heavy (non-hydrogen) atoms. The highest BCUT2D eigenvalue weighted by molar-refractivity contribution is 6.15. The average Bonchev–Trinajstić information content (AvgIpc) is 2.55. The van der Waals surface area contributed by atoms with E-state index in [1.807, 2.05) is 27.7 Å². The molecule has 0 atom stereocenters. The van der Waals surface area contributed by atoms with E-state index in [2.05, 4.69) is 0 Å². The van der Waals surface area contributed by atoms with E-state index >= 15 is 0 Å². The number of phenolic OH excluding ortho intramolecular Hbond substituents is 1. The van der Waals surface area contributed by atoms with Crippen molar-refractivity contribution >= 4 is 18.0 Å². The minimum Gasteiger partial charge on any atom is -0.507 e. The molecule has 0 aliphatic heterocycles. The number of nitrogens with zero attached hydrogens (tertiary/aromatic N) is 1. The van der Waals surface area contributed by atoms with Gasteiger partial charge in [-0.2, -0.15) is 4.90 Å². The van der Waals surface area contributed by atoms with Crippen molar-refractivity contribution in [3.05, 3.63) is 29.8 Å². The zero-order valence-electron chi connectivity index (χ0n) is 18.8. The van der Waals surface area contributed by atoms with Crippen molar-refractivity contribution in [2.45, 2.75) is 80.4 Å². The second kappa shape index (κ2) is 12.0. The Bertz CT molecular complexity index is 615. The van der Waals surface area contributed by atoms with Gasteiger partial charge in [0.15, 0.2) is 5.84 Å². The molecular weight excluding hydrogens is 360 g/mol. The molecule has 0 spiro atoms. The number of phenols is 1. The van der Waals surface area contributed by atoms with Gasteiger partial charge in [0.05, 0.1) is 5.56 Å². The van der Waals surface area contributed by atoms with Crippen LogP contribution in [-0.2, 0) is 9.47 Å². The van der Waals surface area contributed by atoms with Crippen molar-refractivity contribution in [2.75, 3.05) is 0 Å². The second-order valence-electron chi connectivity index (χ2n) is 7.16. The van der Waals surface area contributed by atoms with Gasteiger partial charge in [-0.15, -0.1) is 0 Å². The summed E-state index contributed by atoms with van der Waals surface area (Å²) < 4.78 is 10.4. The summed E-state index contributed by atoms with van der Waals surface area (Å²) in [5, 5.41) is 18.1. The molecule has 1 aromatic rings. The van der Waals surface area contributed by atoms with Crippen LogP contribution in [0.2, 0.25) is 0 Å². The van der Waals surface area contributed by atoms with Crippen molar-refractivity contribution in [3.8, 4) is 5.75 Å². The third-order valence-electron chi connectivity index (χ3n) is 2.53. The van der Waals surface area contributed by atoms with E-state index in [4.69, 9.17) is 14.9 Å². The molecule has 7 heteroatoms. The maximum absolute atomic E-state index is 12.4. The lowest BCUT2D eigenvalue weighted by Gasteiger charge is -2.28. The minimum absolute atomic E-state index is 0.00854. The van der Waals surface area contributed by atoms with Gasteiger partial charge in [-0.1, -0.05) is 39.8 Å². The number of benzene rings is 1. The summed E-state index contributed by atoms with van der Waals surface area (Å²) in [5.41, 5.74) is -1.72. The van der Waals surface area contributed by atoms with E-state index in [0.717, 1.165) is 0 Å². The quantitative estimate of drug-likeness (QED) is 0.452. The topological polar surface area (TPSA) is 99.9 Å². The van der Waals surface area contributed by atoms with Gasteiger partial charge in [0.25, 0.3) is 0 Å². The second-order valence-corrected chi connectivity index (χ2v) is 7.16. The van der Waals surface area contributed by atoms with Gasteiger partial charge in [-0.25, -0.2) is 9.59 Å². The van der Waals surface area contributed by atoms with E-state index in [9.17, 15) is 14.7 Å². The van der Waals surface area contributed by atoms with Crippen molar-refractivity contribution in [1.29, 1.82) is 5.41 Å². The first-order chi connectivity index (χ1) is 12.8. The Kier molecular flexibility index (Phi) is 11.8. The Balaban J connectivity index is 0. The Hall–Kier alpha value is -2.57. The van der Waals surface area contributed by atoms with Crippen LogP contribution in [0.3, 0.4) is 0 Å². The van der Waals surface area contributed by atoms with Crippen molar-refractivity contribution in [3.63, 3.8) is 0 Å². The summed E-state index contributed by atoms with van der Waals surface area (Å²) in [6, 6.07) is 5.91. The van der Waals surface area contributed by atoms with E-state index in [1.54, 1.807) is 53.7 Å². The van der Waals surface area contributed by atoms with Crippen LogP contribution in [-0.4, -0.2) is 39.2 Å². The summed E-state index contributed by atoms with van der Waals surface area (Å²) >= 11 is 0. The molecule has 0 saturated heterocycles. The molecule has 1 aromatic carbocycles. The van der Waals surface area contributed by atoms with Crippen LogP contribution in [0.1, 0.15) is 74.8 Å². The maximum atomic E-state index is 12.4. The number of imide groups is 1. The number of hydrogen-bond acceptors (Lipinski definition) is 6.